The minimum absolute atomic E-state index is 0.153. The lowest BCUT2D eigenvalue weighted by molar-refractivity contribution is -0.134. The Balaban J connectivity index is 1.71. The summed E-state index contributed by atoms with van der Waals surface area (Å²) in [5.41, 5.74) is 0. The normalized spacial score (nSPS) is 11.4. The molecule has 1 aromatic rings. The molecule has 0 aliphatic rings. The Labute approximate surface area is 224 Å². The van der Waals surface area contributed by atoms with Crippen LogP contribution in [0.3, 0.4) is 0 Å². The van der Waals surface area contributed by atoms with Crippen molar-refractivity contribution in [2.75, 3.05) is 0 Å². The van der Waals surface area contributed by atoms with Gasteiger partial charge in [-0.2, -0.15) is 0 Å². The second-order valence-corrected chi connectivity index (χ2v) is 10.7. The highest BCUT2D eigenvalue weighted by Gasteiger charge is 2.02. The Bertz CT molecular complexity index is 607. The van der Waals surface area contributed by atoms with Crippen molar-refractivity contribution < 1.29 is 9.53 Å². The van der Waals surface area contributed by atoms with Gasteiger partial charge >= 0.3 is 5.97 Å². The number of unbranched alkanes of at least 4 members (excludes halogenated alkanes) is 21. The summed E-state index contributed by atoms with van der Waals surface area (Å²) < 4.78 is 5.30. The maximum atomic E-state index is 11.8. The Hall–Kier alpha value is -1.57. The Kier molecular flexibility index (Phi) is 23.9. The molecule has 2 heteroatoms. The molecule has 0 saturated carbocycles. The smallest absolute Gasteiger partial charge is 0.311 e. The van der Waals surface area contributed by atoms with Crippen molar-refractivity contribution in [3.63, 3.8) is 0 Å². The van der Waals surface area contributed by atoms with E-state index in [0.717, 1.165) is 12.8 Å². The quantitative estimate of drug-likeness (QED) is 0.0549. The predicted octanol–water partition coefficient (Wildman–Crippen LogP) is 11.5. The van der Waals surface area contributed by atoms with Gasteiger partial charge in [-0.25, -0.2) is 0 Å². The molecule has 36 heavy (non-hydrogen) atoms. The predicted molar refractivity (Wildman–Crippen MR) is 158 cm³/mol. The molecule has 1 rings (SSSR count). The molecule has 0 unspecified atom stereocenters. The van der Waals surface area contributed by atoms with E-state index in [-0.39, 0.29) is 5.97 Å². The minimum atomic E-state index is -0.153. The fraction of sp³-hybridized carbons (Fsp3) is 0.735. The van der Waals surface area contributed by atoms with Crippen LogP contribution in [0.25, 0.3) is 0 Å². The molecule has 1 aromatic carbocycles. The van der Waals surface area contributed by atoms with Gasteiger partial charge in [0, 0.05) is 6.42 Å². The molecule has 2 nitrogen and oxygen atoms in total. The zero-order chi connectivity index (χ0) is 25.8. The molecular weight excluding hydrogens is 440 g/mol. The van der Waals surface area contributed by atoms with Crippen molar-refractivity contribution in [2.24, 2.45) is 0 Å². The summed E-state index contributed by atoms with van der Waals surface area (Å²) in [5.74, 6) is 0.478. The number of carbonyl (C=O) groups is 1. The summed E-state index contributed by atoms with van der Waals surface area (Å²) in [7, 11) is 0. The van der Waals surface area contributed by atoms with Crippen LogP contribution in [0, 0.1) is 0 Å². The van der Waals surface area contributed by atoms with Gasteiger partial charge < -0.3 is 4.74 Å². The fourth-order valence-corrected chi connectivity index (χ4v) is 4.80. The zero-order valence-corrected chi connectivity index (χ0v) is 23.8. The standard InChI is InChI=1S/C34H58O2/c1-2-3-4-5-6-7-8-9-10-11-12-13-14-15-16-17-18-19-20-21-22-23-24-25-29-32-34(35)36-33-30-27-26-28-31-33/h24-28,30-31H,2-23,29,32H2,1H3/b25-24+. The van der Waals surface area contributed by atoms with Gasteiger partial charge in [0.05, 0.1) is 0 Å². The lowest BCUT2D eigenvalue weighted by Gasteiger charge is -2.04. The Morgan fingerprint density at radius 2 is 0.944 bits per heavy atom. The first kappa shape index (κ1) is 32.5. The molecule has 0 aromatic heterocycles. The second kappa shape index (κ2) is 26.5. The number of benzene rings is 1. The molecule has 0 N–H and O–H groups in total. The molecule has 0 radical (unpaired) electrons. The molecule has 0 amide bonds. The third kappa shape index (κ3) is 22.9. The van der Waals surface area contributed by atoms with Gasteiger partial charge in [-0.3, -0.25) is 4.79 Å². The number of allylic oxidation sites excluding steroid dienone is 2. The van der Waals surface area contributed by atoms with Crippen LogP contribution in [0.1, 0.15) is 161 Å². The highest BCUT2D eigenvalue weighted by Crippen LogP contribution is 2.15. The summed E-state index contributed by atoms with van der Waals surface area (Å²) in [6, 6.07) is 9.30. The van der Waals surface area contributed by atoms with Gasteiger partial charge in [-0.15, -0.1) is 0 Å². The van der Waals surface area contributed by atoms with Crippen molar-refractivity contribution in [1.29, 1.82) is 0 Å². The van der Waals surface area contributed by atoms with Gasteiger partial charge in [0.1, 0.15) is 5.75 Å². The van der Waals surface area contributed by atoms with Crippen LogP contribution in [-0.2, 0) is 4.79 Å². The Morgan fingerprint density at radius 1 is 0.556 bits per heavy atom. The summed E-state index contributed by atoms with van der Waals surface area (Å²) in [6.45, 7) is 2.30. The first-order chi connectivity index (χ1) is 17.8. The van der Waals surface area contributed by atoms with Gasteiger partial charge in [-0.05, 0) is 31.4 Å². The van der Waals surface area contributed by atoms with Crippen LogP contribution >= 0.6 is 0 Å². The largest absolute Gasteiger partial charge is 0.427 e. The maximum Gasteiger partial charge on any atom is 0.311 e. The SMILES string of the molecule is CCCCCCCCCCCCCCCCCCCCCCC/C=C/CCC(=O)Oc1ccccc1. The molecule has 0 atom stereocenters. The van der Waals surface area contributed by atoms with E-state index >= 15 is 0 Å². The van der Waals surface area contributed by atoms with Gasteiger partial charge in [0.2, 0.25) is 0 Å². The van der Waals surface area contributed by atoms with E-state index in [1.165, 1.54) is 135 Å². The molecule has 0 fully saturated rings. The van der Waals surface area contributed by atoms with E-state index in [1.807, 2.05) is 30.3 Å². The highest BCUT2D eigenvalue weighted by molar-refractivity contribution is 5.72. The van der Waals surface area contributed by atoms with Gasteiger partial charge in [0.25, 0.3) is 0 Å². The summed E-state index contributed by atoms with van der Waals surface area (Å²) in [6.07, 6.45) is 36.7. The third-order valence-corrected chi connectivity index (χ3v) is 7.13. The minimum Gasteiger partial charge on any atom is -0.427 e. The van der Waals surface area contributed by atoms with Crippen molar-refractivity contribution in [2.45, 2.75) is 161 Å². The van der Waals surface area contributed by atoms with Crippen molar-refractivity contribution in [3.8, 4) is 5.75 Å². The van der Waals surface area contributed by atoms with E-state index in [2.05, 4.69) is 19.1 Å². The van der Waals surface area contributed by atoms with Gasteiger partial charge in [-0.1, -0.05) is 166 Å². The zero-order valence-electron chi connectivity index (χ0n) is 23.8. The topological polar surface area (TPSA) is 26.3 Å². The first-order valence-corrected chi connectivity index (χ1v) is 15.7. The van der Waals surface area contributed by atoms with Crippen LogP contribution in [0.15, 0.2) is 42.5 Å². The number of hydrogen-bond acceptors (Lipinski definition) is 2. The fourth-order valence-electron chi connectivity index (χ4n) is 4.80. The highest BCUT2D eigenvalue weighted by atomic mass is 16.5. The number of carbonyl (C=O) groups excluding carboxylic acids is 1. The van der Waals surface area contributed by atoms with Crippen molar-refractivity contribution in [3.05, 3.63) is 42.5 Å². The molecule has 0 heterocycles. The molecule has 0 spiro atoms. The maximum absolute atomic E-state index is 11.8. The molecule has 0 saturated heterocycles. The van der Waals surface area contributed by atoms with E-state index < -0.39 is 0 Å². The molecular formula is C34H58O2. The second-order valence-electron chi connectivity index (χ2n) is 10.7. The average molecular weight is 499 g/mol. The lowest BCUT2D eigenvalue weighted by Crippen LogP contribution is -2.06. The van der Waals surface area contributed by atoms with E-state index in [4.69, 9.17) is 4.74 Å². The summed E-state index contributed by atoms with van der Waals surface area (Å²) in [4.78, 5) is 11.8. The van der Waals surface area contributed by atoms with E-state index in [0.29, 0.717) is 12.2 Å². The molecule has 0 bridgehead atoms. The van der Waals surface area contributed by atoms with Crippen LogP contribution in [0.4, 0.5) is 0 Å². The van der Waals surface area contributed by atoms with Crippen LogP contribution in [0.2, 0.25) is 0 Å². The van der Waals surface area contributed by atoms with Crippen molar-refractivity contribution in [1.82, 2.24) is 0 Å². The van der Waals surface area contributed by atoms with Crippen LogP contribution in [-0.4, -0.2) is 5.97 Å². The van der Waals surface area contributed by atoms with E-state index in [9.17, 15) is 4.79 Å². The van der Waals surface area contributed by atoms with Crippen molar-refractivity contribution >= 4 is 5.97 Å². The number of esters is 1. The number of hydrogen-bond donors (Lipinski definition) is 0. The van der Waals surface area contributed by atoms with Crippen LogP contribution in [0.5, 0.6) is 5.75 Å². The van der Waals surface area contributed by atoms with Gasteiger partial charge in [0.15, 0.2) is 0 Å². The lowest BCUT2D eigenvalue weighted by atomic mass is 10.0. The average Bonchev–Trinajstić information content (AvgIpc) is 2.89. The third-order valence-electron chi connectivity index (χ3n) is 7.13. The molecule has 206 valence electrons. The molecule has 0 aliphatic heterocycles. The number of ether oxygens (including phenoxy) is 1. The number of rotatable bonds is 26. The summed E-state index contributed by atoms with van der Waals surface area (Å²) in [5, 5.41) is 0. The Morgan fingerprint density at radius 3 is 1.39 bits per heavy atom. The van der Waals surface area contributed by atoms with E-state index in [1.54, 1.807) is 0 Å². The summed E-state index contributed by atoms with van der Waals surface area (Å²) >= 11 is 0. The first-order valence-electron chi connectivity index (χ1n) is 15.7. The monoisotopic (exact) mass is 498 g/mol. The van der Waals surface area contributed by atoms with Crippen LogP contribution < -0.4 is 4.74 Å². The molecule has 0 aliphatic carbocycles. The number of para-hydroxylation sites is 1.